The molecule has 0 unspecified atom stereocenters. The average molecular weight is 530 g/mol. The number of likely N-dealkylation sites (N-methyl/N-ethyl adjacent to an activating group) is 1. The van der Waals surface area contributed by atoms with Crippen LogP contribution in [0.5, 0.6) is 0 Å². The van der Waals surface area contributed by atoms with Crippen LogP contribution < -0.4 is 10.6 Å². The Balaban J connectivity index is 0.00000320. The summed E-state index contributed by atoms with van der Waals surface area (Å²) in [7, 11) is 0. The first kappa shape index (κ1) is 25.4. The summed E-state index contributed by atoms with van der Waals surface area (Å²) in [5.41, 5.74) is 2.69. The van der Waals surface area contributed by atoms with E-state index in [-0.39, 0.29) is 30.1 Å². The minimum atomic E-state index is -0.126. The summed E-state index contributed by atoms with van der Waals surface area (Å²) in [4.78, 5) is 9.96. The second kappa shape index (κ2) is 13.5. The van der Waals surface area contributed by atoms with Crippen LogP contribution in [0.4, 0.5) is 0 Å². The summed E-state index contributed by atoms with van der Waals surface area (Å²) >= 11 is 0. The summed E-state index contributed by atoms with van der Waals surface area (Å²) in [6, 6.07) is 9.12. The molecule has 6 nitrogen and oxygen atoms in total. The third-order valence-corrected chi connectivity index (χ3v) is 6.21. The highest BCUT2D eigenvalue weighted by Crippen LogP contribution is 2.18. The van der Waals surface area contributed by atoms with Gasteiger partial charge in [-0.15, -0.1) is 24.0 Å². The van der Waals surface area contributed by atoms with Crippen molar-refractivity contribution in [2.24, 2.45) is 4.99 Å². The van der Waals surface area contributed by atoms with Crippen molar-refractivity contribution < 1.29 is 5.11 Å². The van der Waals surface area contributed by atoms with Gasteiger partial charge in [-0.05, 0) is 50.3 Å². The molecule has 1 heterocycles. The van der Waals surface area contributed by atoms with Gasteiger partial charge in [-0.2, -0.15) is 0 Å². The Labute approximate surface area is 199 Å². The van der Waals surface area contributed by atoms with Crippen molar-refractivity contribution in [1.82, 2.24) is 20.4 Å². The molecule has 1 aliphatic heterocycles. The molecule has 3 N–H and O–H groups in total. The minimum absolute atomic E-state index is 0. The van der Waals surface area contributed by atoms with E-state index in [0.29, 0.717) is 12.6 Å². The number of aliphatic hydroxyl groups is 1. The second-order valence-corrected chi connectivity index (χ2v) is 8.32. The number of aliphatic hydroxyl groups excluding tert-OH is 1. The molecular weight excluding hydrogens is 489 g/mol. The van der Waals surface area contributed by atoms with Crippen LogP contribution in [-0.2, 0) is 13.1 Å². The van der Waals surface area contributed by atoms with Crippen LogP contribution in [-0.4, -0.2) is 72.3 Å². The Morgan fingerprint density at radius 1 is 1.00 bits per heavy atom. The third-order valence-electron chi connectivity index (χ3n) is 6.21. The Morgan fingerprint density at radius 2 is 1.63 bits per heavy atom. The number of halogens is 1. The molecule has 0 aromatic heterocycles. The van der Waals surface area contributed by atoms with Gasteiger partial charge in [0.25, 0.3) is 0 Å². The maximum Gasteiger partial charge on any atom is 0.191 e. The van der Waals surface area contributed by atoms with Crippen LogP contribution in [0.2, 0.25) is 0 Å². The van der Waals surface area contributed by atoms with Gasteiger partial charge in [0, 0.05) is 45.3 Å². The largest absolute Gasteiger partial charge is 0.393 e. The van der Waals surface area contributed by atoms with E-state index >= 15 is 0 Å². The number of piperazine rings is 1. The minimum Gasteiger partial charge on any atom is -0.393 e. The fourth-order valence-electron chi connectivity index (χ4n) is 4.27. The molecule has 1 saturated heterocycles. The fourth-order valence-corrected chi connectivity index (χ4v) is 4.27. The molecule has 1 aromatic rings. The molecule has 7 heteroatoms. The quantitative estimate of drug-likeness (QED) is 0.288. The van der Waals surface area contributed by atoms with Gasteiger partial charge in [-0.3, -0.25) is 4.90 Å². The lowest BCUT2D eigenvalue weighted by Crippen LogP contribution is -2.45. The standard InChI is InChI=1S/C23H39N5O.HI/c1-3-24-23(26-21-9-11-22(29)12-10-21)25-17-19-7-5-6-8-20(19)18-28-15-13-27(4-2)14-16-28;/h5-8,21-22,29H,3-4,9-18H2,1-2H3,(H2,24,25,26);1H. The van der Waals surface area contributed by atoms with Crippen LogP contribution in [0.15, 0.2) is 29.3 Å². The van der Waals surface area contributed by atoms with Crippen LogP contribution >= 0.6 is 24.0 Å². The maximum absolute atomic E-state index is 9.73. The van der Waals surface area contributed by atoms with Crippen molar-refractivity contribution in [2.45, 2.75) is 64.8 Å². The third kappa shape index (κ3) is 7.98. The molecule has 0 spiro atoms. The number of hydrogen-bond acceptors (Lipinski definition) is 4. The number of aliphatic imine (C=N–C) groups is 1. The Hall–Kier alpha value is -0.900. The highest BCUT2D eigenvalue weighted by atomic mass is 127. The lowest BCUT2D eigenvalue weighted by Gasteiger charge is -2.34. The van der Waals surface area contributed by atoms with Crippen molar-refractivity contribution in [3.8, 4) is 0 Å². The van der Waals surface area contributed by atoms with E-state index < -0.39 is 0 Å². The van der Waals surface area contributed by atoms with Crippen molar-refractivity contribution >= 4 is 29.9 Å². The van der Waals surface area contributed by atoms with Crippen molar-refractivity contribution in [3.63, 3.8) is 0 Å². The van der Waals surface area contributed by atoms with Crippen LogP contribution in [0.25, 0.3) is 0 Å². The summed E-state index contributed by atoms with van der Waals surface area (Å²) in [6.45, 7) is 12.7. The molecule has 0 bridgehead atoms. The zero-order valence-electron chi connectivity index (χ0n) is 18.6. The molecule has 0 radical (unpaired) electrons. The van der Waals surface area contributed by atoms with E-state index in [1.54, 1.807) is 0 Å². The number of rotatable bonds is 7. The normalized spacial score (nSPS) is 23.6. The molecule has 30 heavy (non-hydrogen) atoms. The number of hydrogen-bond donors (Lipinski definition) is 3. The van der Waals surface area contributed by atoms with Gasteiger partial charge >= 0.3 is 0 Å². The molecule has 0 amide bonds. The topological polar surface area (TPSA) is 63.1 Å². The van der Waals surface area contributed by atoms with Gasteiger partial charge in [0.2, 0.25) is 0 Å². The van der Waals surface area contributed by atoms with Crippen molar-refractivity contribution in [1.29, 1.82) is 0 Å². The Kier molecular flexibility index (Phi) is 11.4. The Bertz CT molecular complexity index is 640. The van der Waals surface area contributed by atoms with Crippen LogP contribution in [0.1, 0.15) is 50.7 Å². The van der Waals surface area contributed by atoms with E-state index in [1.807, 2.05) is 0 Å². The zero-order valence-corrected chi connectivity index (χ0v) is 21.0. The summed E-state index contributed by atoms with van der Waals surface area (Å²) in [6.07, 6.45) is 3.65. The lowest BCUT2D eigenvalue weighted by molar-refractivity contribution is 0.120. The molecule has 3 rings (SSSR count). The van der Waals surface area contributed by atoms with Crippen LogP contribution in [0.3, 0.4) is 0 Å². The first-order chi connectivity index (χ1) is 14.2. The summed E-state index contributed by atoms with van der Waals surface area (Å²) < 4.78 is 0. The summed E-state index contributed by atoms with van der Waals surface area (Å²) in [5.74, 6) is 0.889. The molecule has 1 aliphatic carbocycles. The zero-order chi connectivity index (χ0) is 20.5. The number of benzene rings is 1. The fraction of sp³-hybridized carbons (Fsp3) is 0.696. The van der Waals surface area contributed by atoms with Gasteiger partial charge < -0.3 is 20.6 Å². The predicted octanol–water partition coefficient (Wildman–Crippen LogP) is 2.80. The smallest absolute Gasteiger partial charge is 0.191 e. The first-order valence-electron chi connectivity index (χ1n) is 11.4. The van der Waals surface area contributed by atoms with Crippen molar-refractivity contribution in [3.05, 3.63) is 35.4 Å². The van der Waals surface area contributed by atoms with Gasteiger partial charge in [0.1, 0.15) is 0 Å². The van der Waals surface area contributed by atoms with Gasteiger partial charge in [0.05, 0.1) is 12.6 Å². The highest BCUT2D eigenvalue weighted by molar-refractivity contribution is 14.0. The number of nitrogens with zero attached hydrogens (tertiary/aromatic N) is 3. The average Bonchev–Trinajstić information content (AvgIpc) is 2.75. The monoisotopic (exact) mass is 529 g/mol. The molecule has 2 aliphatic rings. The summed E-state index contributed by atoms with van der Waals surface area (Å²) in [5, 5.41) is 16.7. The Morgan fingerprint density at radius 3 is 2.27 bits per heavy atom. The van der Waals surface area contributed by atoms with Crippen LogP contribution in [0, 0.1) is 0 Å². The lowest BCUT2D eigenvalue weighted by atomic mass is 9.93. The van der Waals surface area contributed by atoms with Gasteiger partial charge in [-0.25, -0.2) is 4.99 Å². The first-order valence-corrected chi connectivity index (χ1v) is 11.4. The highest BCUT2D eigenvalue weighted by Gasteiger charge is 2.20. The molecule has 1 saturated carbocycles. The maximum atomic E-state index is 9.73. The molecule has 1 aromatic carbocycles. The molecule has 0 atom stereocenters. The number of nitrogens with one attached hydrogen (secondary N) is 2. The van der Waals surface area contributed by atoms with Gasteiger partial charge in [0.15, 0.2) is 5.96 Å². The molecular formula is C23H40IN5O. The predicted molar refractivity (Wildman–Crippen MR) is 135 cm³/mol. The van der Waals surface area contributed by atoms with E-state index in [0.717, 1.165) is 64.4 Å². The van der Waals surface area contributed by atoms with E-state index in [1.165, 1.54) is 24.2 Å². The second-order valence-electron chi connectivity index (χ2n) is 8.32. The van der Waals surface area contributed by atoms with Gasteiger partial charge in [-0.1, -0.05) is 31.2 Å². The van der Waals surface area contributed by atoms with E-state index in [4.69, 9.17) is 4.99 Å². The molecule has 170 valence electrons. The SMILES string of the molecule is CCNC(=NCc1ccccc1CN1CCN(CC)CC1)NC1CCC(O)CC1.I. The van der Waals surface area contributed by atoms with E-state index in [2.05, 4.69) is 58.5 Å². The van der Waals surface area contributed by atoms with Crippen molar-refractivity contribution in [2.75, 3.05) is 39.3 Å². The number of guanidine groups is 1. The van der Waals surface area contributed by atoms with E-state index in [9.17, 15) is 5.11 Å². The molecule has 2 fully saturated rings.